The summed E-state index contributed by atoms with van der Waals surface area (Å²) in [6.07, 6.45) is 6.01. The van der Waals surface area contributed by atoms with Gasteiger partial charge < -0.3 is 0 Å². The number of sulfone groups is 1. The molecule has 0 bridgehead atoms. The number of rotatable bonds is 2. The molecule has 0 aromatic heterocycles. The van der Waals surface area contributed by atoms with Gasteiger partial charge in [-0.1, -0.05) is 12.8 Å². The van der Waals surface area contributed by atoms with Crippen LogP contribution in [0.4, 0.5) is 0 Å². The summed E-state index contributed by atoms with van der Waals surface area (Å²) in [7, 11) is -2.71. The SMILES string of the molecule is CS(=O)(=O)CC1CCCC1. The molecule has 0 unspecified atom stereocenters. The maximum absolute atomic E-state index is 10.8. The van der Waals surface area contributed by atoms with E-state index < -0.39 is 9.84 Å². The van der Waals surface area contributed by atoms with E-state index in [1.807, 2.05) is 0 Å². The summed E-state index contributed by atoms with van der Waals surface area (Å²) in [6.45, 7) is 0. The zero-order valence-corrected chi connectivity index (χ0v) is 7.15. The van der Waals surface area contributed by atoms with Crippen LogP contribution in [0.15, 0.2) is 0 Å². The summed E-state index contributed by atoms with van der Waals surface area (Å²) in [5.74, 6) is 0.877. The van der Waals surface area contributed by atoms with Crippen LogP contribution in [0.2, 0.25) is 0 Å². The Hall–Kier alpha value is -0.0500. The number of hydrogen-bond donors (Lipinski definition) is 0. The molecule has 0 spiro atoms. The van der Waals surface area contributed by atoms with Crippen LogP contribution in [0.3, 0.4) is 0 Å². The number of hydrogen-bond acceptors (Lipinski definition) is 2. The Morgan fingerprint density at radius 1 is 1.30 bits per heavy atom. The van der Waals surface area contributed by atoms with Crippen molar-refractivity contribution in [2.24, 2.45) is 5.92 Å². The van der Waals surface area contributed by atoms with Gasteiger partial charge >= 0.3 is 0 Å². The van der Waals surface area contributed by atoms with Crippen LogP contribution in [0.1, 0.15) is 25.7 Å². The topological polar surface area (TPSA) is 34.1 Å². The van der Waals surface area contributed by atoms with E-state index in [0.717, 1.165) is 12.8 Å². The van der Waals surface area contributed by atoms with Crippen LogP contribution in [0.5, 0.6) is 0 Å². The molecule has 0 heterocycles. The van der Waals surface area contributed by atoms with E-state index in [9.17, 15) is 8.42 Å². The molecule has 0 amide bonds. The van der Waals surface area contributed by atoms with Gasteiger partial charge in [0.05, 0.1) is 5.75 Å². The van der Waals surface area contributed by atoms with E-state index in [4.69, 9.17) is 0 Å². The maximum atomic E-state index is 10.8. The first kappa shape index (κ1) is 8.05. The van der Waals surface area contributed by atoms with Gasteiger partial charge in [0.15, 0.2) is 0 Å². The third kappa shape index (κ3) is 2.69. The van der Waals surface area contributed by atoms with E-state index in [-0.39, 0.29) is 0 Å². The quantitative estimate of drug-likeness (QED) is 0.612. The van der Waals surface area contributed by atoms with Gasteiger partial charge in [0, 0.05) is 6.26 Å². The fourth-order valence-electron chi connectivity index (χ4n) is 1.61. The molecule has 0 radical (unpaired) electrons. The molecule has 0 aliphatic heterocycles. The van der Waals surface area contributed by atoms with Crippen molar-refractivity contribution in [3.05, 3.63) is 0 Å². The lowest BCUT2D eigenvalue weighted by molar-refractivity contribution is 0.563. The lowest BCUT2D eigenvalue weighted by Gasteiger charge is -2.04. The van der Waals surface area contributed by atoms with Crippen LogP contribution in [-0.4, -0.2) is 20.4 Å². The lowest BCUT2D eigenvalue weighted by atomic mass is 10.1. The monoisotopic (exact) mass is 162 g/mol. The van der Waals surface area contributed by atoms with E-state index >= 15 is 0 Å². The van der Waals surface area contributed by atoms with Crippen LogP contribution >= 0.6 is 0 Å². The molecular formula is C7H14O2S. The summed E-state index contributed by atoms with van der Waals surface area (Å²) < 4.78 is 21.6. The minimum absolute atomic E-state index is 0.410. The zero-order valence-electron chi connectivity index (χ0n) is 6.34. The molecule has 0 N–H and O–H groups in total. The average Bonchev–Trinajstić information content (AvgIpc) is 2.12. The van der Waals surface area contributed by atoms with Gasteiger partial charge in [-0.25, -0.2) is 8.42 Å². The summed E-state index contributed by atoms with van der Waals surface area (Å²) in [5, 5.41) is 0. The Morgan fingerprint density at radius 2 is 1.80 bits per heavy atom. The largest absolute Gasteiger partial charge is 0.229 e. The molecule has 60 valence electrons. The Morgan fingerprint density at radius 3 is 2.20 bits per heavy atom. The van der Waals surface area contributed by atoms with Gasteiger partial charge in [-0.2, -0.15) is 0 Å². The van der Waals surface area contributed by atoms with Crippen molar-refractivity contribution >= 4 is 9.84 Å². The third-order valence-electron chi connectivity index (χ3n) is 2.01. The minimum Gasteiger partial charge on any atom is -0.229 e. The van der Waals surface area contributed by atoms with Crippen molar-refractivity contribution in [2.45, 2.75) is 25.7 Å². The lowest BCUT2D eigenvalue weighted by Crippen LogP contribution is -2.11. The molecule has 0 aromatic rings. The van der Waals surface area contributed by atoms with Crippen molar-refractivity contribution in [2.75, 3.05) is 12.0 Å². The molecule has 1 aliphatic rings. The average molecular weight is 162 g/mol. The molecule has 10 heavy (non-hydrogen) atoms. The second-order valence-electron chi connectivity index (χ2n) is 3.24. The van der Waals surface area contributed by atoms with Gasteiger partial charge in [-0.05, 0) is 18.8 Å². The molecule has 2 nitrogen and oxygen atoms in total. The fraction of sp³-hybridized carbons (Fsp3) is 1.00. The van der Waals surface area contributed by atoms with E-state index in [2.05, 4.69) is 0 Å². The van der Waals surface area contributed by atoms with E-state index in [1.54, 1.807) is 0 Å². The normalized spacial score (nSPS) is 21.7. The second kappa shape index (κ2) is 2.91. The van der Waals surface area contributed by atoms with Crippen LogP contribution in [-0.2, 0) is 9.84 Å². The Bertz CT molecular complexity index is 188. The Balaban J connectivity index is 2.38. The first-order chi connectivity index (χ1) is 4.58. The van der Waals surface area contributed by atoms with Gasteiger partial charge in [-0.15, -0.1) is 0 Å². The highest BCUT2D eigenvalue weighted by Crippen LogP contribution is 2.25. The molecule has 0 aromatic carbocycles. The fourth-order valence-corrected chi connectivity index (χ4v) is 2.79. The predicted molar refractivity (Wildman–Crippen MR) is 41.7 cm³/mol. The highest BCUT2D eigenvalue weighted by molar-refractivity contribution is 7.90. The van der Waals surface area contributed by atoms with Crippen LogP contribution < -0.4 is 0 Å². The molecule has 1 rings (SSSR count). The molecule has 1 aliphatic carbocycles. The Kier molecular flexibility index (Phi) is 2.34. The minimum atomic E-state index is -2.71. The highest BCUT2D eigenvalue weighted by Gasteiger charge is 2.18. The van der Waals surface area contributed by atoms with Gasteiger partial charge in [0.2, 0.25) is 0 Å². The van der Waals surface area contributed by atoms with Crippen LogP contribution in [0.25, 0.3) is 0 Å². The molecule has 3 heteroatoms. The first-order valence-electron chi connectivity index (χ1n) is 3.76. The summed E-state index contributed by atoms with van der Waals surface area (Å²) >= 11 is 0. The zero-order chi connectivity index (χ0) is 7.61. The Labute approximate surface area is 62.5 Å². The predicted octanol–water partition coefficient (Wildman–Crippen LogP) is 1.22. The molecular weight excluding hydrogens is 148 g/mol. The van der Waals surface area contributed by atoms with E-state index in [0.29, 0.717) is 11.7 Å². The standard InChI is InChI=1S/C7H14O2S/c1-10(8,9)6-7-4-2-3-5-7/h7H,2-6H2,1H3. The van der Waals surface area contributed by atoms with Crippen molar-refractivity contribution < 1.29 is 8.42 Å². The van der Waals surface area contributed by atoms with Gasteiger partial charge in [0.25, 0.3) is 0 Å². The summed E-state index contributed by atoms with van der Waals surface area (Å²) in [4.78, 5) is 0. The van der Waals surface area contributed by atoms with Gasteiger partial charge in [-0.3, -0.25) is 0 Å². The van der Waals surface area contributed by atoms with Crippen molar-refractivity contribution in [1.82, 2.24) is 0 Å². The van der Waals surface area contributed by atoms with Crippen molar-refractivity contribution in [1.29, 1.82) is 0 Å². The maximum Gasteiger partial charge on any atom is 0.147 e. The molecule has 0 saturated heterocycles. The summed E-state index contributed by atoms with van der Waals surface area (Å²) in [6, 6.07) is 0. The molecule has 1 fully saturated rings. The third-order valence-corrected chi connectivity index (χ3v) is 3.09. The smallest absolute Gasteiger partial charge is 0.147 e. The summed E-state index contributed by atoms with van der Waals surface area (Å²) in [5.41, 5.74) is 0. The highest BCUT2D eigenvalue weighted by atomic mass is 32.2. The van der Waals surface area contributed by atoms with E-state index in [1.165, 1.54) is 19.1 Å². The van der Waals surface area contributed by atoms with Crippen LogP contribution in [0, 0.1) is 5.92 Å². The second-order valence-corrected chi connectivity index (χ2v) is 5.43. The first-order valence-corrected chi connectivity index (χ1v) is 5.82. The van der Waals surface area contributed by atoms with Gasteiger partial charge in [0.1, 0.15) is 9.84 Å². The van der Waals surface area contributed by atoms with Crippen molar-refractivity contribution in [3.8, 4) is 0 Å². The van der Waals surface area contributed by atoms with Crippen molar-refractivity contribution in [3.63, 3.8) is 0 Å². The molecule has 1 saturated carbocycles. The molecule has 0 atom stereocenters.